The number of hydrogen-bond donors (Lipinski definition) is 2. The molecule has 2 aromatic carbocycles. The van der Waals surface area contributed by atoms with E-state index in [4.69, 9.17) is 16.0 Å². The fourth-order valence-electron chi connectivity index (χ4n) is 2.43. The van der Waals surface area contributed by atoms with Gasteiger partial charge in [0.25, 0.3) is 5.91 Å². The SMILES string of the molecule is CNC(=O)c1cccc(NC(=O)CSCc2coc(-c3ccc(Cl)cc3)n2)c1. The van der Waals surface area contributed by atoms with Crippen LogP contribution in [-0.2, 0) is 10.5 Å². The third kappa shape index (κ3) is 5.37. The van der Waals surface area contributed by atoms with E-state index >= 15 is 0 Å². The van der Waals surface area contributed by atoms with Crippen LogP contribution in [0.25, 0.3) is 11.5 Å². The summed E-state index contributed by atoms with van der Waals surface area (Å²) in [6.07, 6.45) is 1.58. The number of carbonyl (C=O) groups is 2. The van der Waals surface area contributed by atoms with E-state index in [1.807, 2.05) is 12.1 Å². The number of rotatable bonds is 7. The largest absolute Gasteiger partial charge is 0.444 e. The van der Waals surface area contributed by atoms with Gasteiger partial charge in [0.05, 0.1) is 11.4 Å². The standard InChI is InChI=1S/C20H18ClN3O3S/c1-22-19(26)14-3-2-4-16(9-14)23-18(25)12-28-11-17-10-27-20(24-17)13-5-7-15(21)8-6-13/h2-10H,11-12H2,1H3,(H,22,26)(H,23,25). The molecule has 0 unspecified atom stereocenters. The lowest BCUT2D eigenvalue weighted by atomic mass is 10.2. The minimum absolute atomic E-state index is 0.152. The second-order valence-corrected chi connectivity index (χ2v) is 7.27. The van der Waals surface area contributed by atoms with Crippen LogP contribution < -0.4 is 10.6 Å². The number of thioether (sulfide) groups is 1. The van der Waals surface area contributed by atoms with Crippen molar-refractivity contribution in [1.82, 2.24) is 10.3 Å². The van der Waals surface area contributed by atoms with Gasteiger partial charge in [0, 0.05) is 34.6 Å². The van der Waals surface area contributed by atoms with Gasteiger partial charge in [0.2, 0.25) is 11.8 Å². The molecule has 3 aromatic rings. The number of carbonyl (C=O) groups excluding carboxylic acids is 2. The zero-order chi connectivity index (χ0) is 19.9. The van der Waals surface area contributed by atoms with Crippen molar-refractivity contribution in [2.75, 3.05) is 18.1 Å². The molecule has 8 heteroatoms. The van der Waals surface area contributed by atoms with Crippen LogP contribution in [-0.4, -0.2) is 29.6 Å². The third-order valence-electron chi connectivity index (χ3n) is 3.76. The summed E-state index contributed by atoms with van der Waals surface area (Å²) >= 11 is 7.30. The lowest BCUT2D eigenvalue weighted by Crippen LogP contribution is -2.19. The zero-order valence-corrected chi connectivity index (χ0v) is 16.6. The number of amides is 2. The van der Waals surface area contributed by atoms with Crippen LogP contribution in [0.4, 0.5) is 5.69 Å². The fraction of sp³-hybridized carbons (Fsp3) is 0.150. The summed E-state index contributed by atoms with van der Waals surface area (Å²) in [6.45, 7) is 0. The van der Waals surface area contributed by atoms with Crippen molar-refractivity contribution in [1.29, 1.82) is 0 Å². The predicted octanol–water partition coefficient (Wildman–Crippen LogP) is 4.23. The molecule has 0 aliphatic heterocycles. The van der Waals surface area contributed by atoms with Gasteiger partial charge >= 0.3 is 0 Å². The molecular weight excluding hydrogens is 398 g/mol. The molecule has 0 spiro atoms. The molecule has 0 saturated carbocycles. The highest BCUT2D eigenvalue weighted by atomic mass is 35.5. The van der Waals surface area contributed by atoms with Crippen LogP contribution in [0.5, 0.6) is 0 Å². The first-order valence-corrected chi connectivity index (χ1v) is 9.98. The molecule has 144 valence electrons. The Labute approximate surface area is 171 Å². The Morgan fingerprint density at radius 2 is 1.96 bits per heavy atom. The average molecular weight is 416 g/mol. The molecular formula is C20H18ClN3O3S. The Balaban J connectivity index is 1.49. The van der Waals surface area contributed by atoms with Gasteiger partial charge in [-0.15, -0.1) is 11.8 Å². The molecule has 1 heterocycles. The maximum Gasteiger partial charge on any atom is 0.251 e. The summed E-state index contributed by atoms with van der Waals surface area (Å²) < 4.78 is 5.48. The first-order chi connectivity index (χ1) is 13.5. The lowest BCUT2D eigenvalue weighted by Gasteiger charge is -2.06. The van der Waals surface area contributed by atoms with Gasteiger partial charge in [-0.1, -0.05) is 17.7 Å². The van der Waals surface area contributed by atoms with Gasteiger partial charge in [-0.3, -0.25) is 9.59 Å². The maximum atomic E-state index is 12.1. The molecule has 0 aliphatic rings. The van der Waals surface area contributed by atoms with Crippen LogP contribution in [0.3, 0.4) is 0 Å². The van der Waals surface area contributed by atoms with Crippen molar-refractivity contribution in [3.8, 4) is 11.5 Å². The minimum atomic E-state index is -0.201. The molecule has 1 aromatic heterocycles. The average Bonchev–Trinajstić information content (AvgIpc) is 3.17. The third-order valence-corrected chi connectivity index (χ3v) is 4.98. The summed E-state index contributed by atoms with van der Waals surface area (Å²) in [5, 5.41) is 5.99. The van der Waals surface area contributed by atoms with Crippen molar-refractivity contribution in [3.05, 3.63) is 71.1 Å². The van der Waals surface area contributed by atoms with E-state index in [-0.39, 0.29) is 17.6 Å². The Hall–Kier alpha value is -2.77. The summed E-state index contributed by atoms with van der Waals surface area (Å²) in [7, 11) is 1.56. The van der Waals surface area contributed by atoms with Crippen molar-refractivity contribution >= 4 is 40.9 Å². The molecule has 3 rings (SSSR count). The number of benzene rings is 2. The van der Waals surface area contributed by atoms with Crippen molar-refractivity contribution in [2.24, 2.45) is 0 Å². The van der Waals surface area contributed by atoms with E-state index in [0.29, 0.717) is 27.9 Å². The van der Waals surface area contributed by atoms with Gasteiger partial charge in [0.1, 0.15) is 6.26 Å². The van der Waals surface area contributed by atoms with Gasteiger partial charge < -0.3 is 15.1 Å². The van der Waals surface area contributed by atoms with Gasteiger partial charge in [-0.2, -0.15) is 0 Å². The number of anilines is 1. The maximum absolute atomic E-state index is 12.1. The Morgan fingerprint density at radius 3 is 2.71 bits per heavy atom. The number of oxazole rings is 1. The van der Waals surface area contributed by atoms with Crippen LogP contribution in [0, 0.1) is 0 Å². The molecule has 2 amide bonds. The predicted molar refractivity (Wildman–Crippen MR) is 112 cm³/mol. The minimum Gasteiger partial charge on any atom is -0.444 e. The van der Waals surface area contributed by atoms with E-state index < -0.39 is 0 Å². The summed E-state index contributed by atoms with van der Waals surface area (Å²) in [4.78, 5) is 28.2. The molecule has 2 N–H and O–H groups in total. The van der Waals surface area contributed by atoms with Gasteiger partial charge in [-0.05, 0) is 42.5 Å². The molecule has 0 fully saturated rings. The van der Waals surface area contributed by atoms with E-state index in [1.165, 1.54) is 11.8 Å². The van der Waals surface area contributed by atoms with Crippen LogP contribution in [0.1, 0.15) is 16.1 Å². The van der Waals surface area contributed by atoms with Crippen LogP contribution >= 0.6 is 23.4 Å². The fourth-order valence-corrected chi connectivity index (χ4v) is 3.25. The normalized spacial score (nSPS) is 10.5. The van der Waals surface area contributed by atoms with Crippen LogP contribution in [0.2, 0.25) is 5.02 Å². The number of hydrogen-bond acceptors (Lipinski definition) is 5. The first kappa shape index (κ1) is 20.0. The molecule has 0 radical (unpaired) electrons. The van der Waals surface area contributed by atoms with E-state index in [2.05, 4.69) is 15.6 Å². The number of nitrogens with zero attached hydrogens (tertiary/aromatic N) is 1. The Morgan fingerprint density at radius 1 is 1.18 bits per heavy atom. The monoisotopic (exact) mass is 415 g/mol. The van der Waals surface area contributed by atoms with Crippen molar-refractivity contribution in [2.45, 2.75) is 5.75 Å². The van der Waals surface area contributed by atoms with Crippen molar-refractivity contribution in [3.63, 3.8) is 0 Å². The lowest BCUT2D eigenvalue weighted by molar-refractivity contribution is -0.113. The van der Waals surface area contributed by atoms with E-state index in [9.17, 15) is 9.59 Å². The summed E-state index contributed by atoms with van der Waals surface area (Å²) in [5.74, 6) is 0.965. The smallest absolute Gasteiger partial charge is 0.251 e. The van der Waals surface area contributed by atoms with Crippen LogP contribution in [0.15, 0.2) is 59.2 Å². The number of nitrogens with one attached hydrogen (secondary N) is 2. The second kappa shape index (κ2) is 9.43. The van der Waals surface area contributed by atoms with E-state index in [0.717, 1.165) is 11.3 Å². The Bertz CT molecular complexity index is 973. The first-order valence-electron chi connectivity index (χ1n) is 8.45. The van der Waals surface area contributed by atoms with Gasteiger partial charge in [-0.25, -0.2) is 4.98 Å². The molecule has 0 saturated heterocycles. The molecule has 6 nitrogen and oxygen atoms in total. The highest BCUT2D eigenvalue weighted by molar-refractivity contribution is 7.99. The highest BCUT2D eigenvalue weighted by Crippen LogP contribution is 2.22. The zero-order valence-electron chi connectivity index (χ0n) is 15.1. The molecule has 0 atom stereocenters. The number of halogens is 1. The topological polar surface area (TPSA) is 84.2 Å². The van der Waals surface area contributed by atoms with Crippen molar-refractivity contribution < 1.29 is 14.0 Å². The molecule has 28 heavy (non-hydrogen) atoms. The molecule has 0 bridgehead atoms. The number of aromatic nitrogens is 1. The highest BCUT2D eigenvalue weighted by Gasteiger charge is 2.09. The summed E-state index contributed by atoms with van der Waals surface area (Å²) in [6, 6.07) is 14.0. The summed E-state index contributed by atoms with van der Waals surface area (Å²) in [5.41, 5.74) is 2.67. The van der Waals surface area contributed by atoms with Gasteiger partial charge in [0.15, 0.2) is 0 Å². The quantitative estimate of drug-likeness (QED) is 0.603. The molecule has 0 aliphatic carbocycles. The Kier molecular flexibility index (Phi) is 6.73. The second-order valence-electron chi connectivity index (χ2n) is 5.85. The van der Waals surface area contributed by atoms with E-state index in [1.54, 1.807) is 49.7 Å².